The molecule has 1 spiro atoms. The summed E-state index contributed by atoms with van der Waals surface area (Å²) < 4.78 is 5.30. The highest BCUT2D eigenvalue weighted by molar-refractivity contribution is 6.38. The average molecular weight is 722 g/mol. The molecule has 2 aromatic carbocycles. The van der Waals surface area contributed by atoms with Crippen LogP contribution in [0.3, 0.4) is 0 Å². The summed E-state index contributed by atoms with van der Waals surface area (Å²) in [5.74, 6) is -2.12. The van der Waals surface area contributed by atoms with E-state index in [4.69, 9.17) is 21.2 Å². The van der Waals surface area contributed by atoms with Gasteiger partial charge in [-0.2, -0.15) is 0 Å². The Morgan fingerprint density at radius 3 is 2.49 bits per heavy atom. The molecule has 2 heterocycles. The number of aryl methyl sites for hydroxylation is 1. The van der Waals surface area contributed by atoms with Crippen LogP contribution in [0.1, 0.15) is 83.8 Å². The molecule has 0 aromatic heterocycles. The van der Waals surface area contributed by atoms with E-state index >= 15 is 0 Å². The van der Waals surface area contributed by atoms with Gasteiger partial charge in [-0.05, 0) is 60.9 Å². The molecule has 12 nitrogen and oxygen atoms in total. The Hall–Kier alpha value is -4.45. The second kappa shape index (κ2) is 15.8. The minimum Gasteiger partial charge on any atom is -0.497 e. The van der Waals surface area contributed by atoms with Gasteiger partial charge in [0.05, 0.1) is 25.4 Å². The summed E-state index contributed by atoms with van der Waals surface area (Å²) in [6.07, 6.45) is 3.37. The lowest BCUT2D eigenvalue weighted by molar-refractivity contribution is -0.145. The van der Waals surface area contributed by atoms with Crippen molar-refractivity contribution < 1.29 is 33.5 Å². The number of nitrogens with zero attached hydrogens (tertiary/aromatic N) is 2. The van der Waals surface area contributed by atoms with Gasteiger partial charge in [-0.15, -0.1) is 0 Å². The highest BCUT2D eigenvalue weighted by Gasteiger charge is 2.55. The van der Waals surface area contributed by atoms with E-state index in [0.29, 0.717) is 35.7 Å². The van der Waals surface area contributed by atoms with Gasteiger partial charge in [0.1, 0.15) is 17.8 Å². The molecule has 1 saturated carbocycles. The Morgan fingerprint density at radius 2 is 1.82 bits per heavy atom. The van der Waals surface area contributed by atoms with Gasteiger partial charge in [-0.3, -0.25) is 24.0 Å². The normalized spacial score (nSPS) is 20.9. The Morgan fingerprint density at radius 1 is 1.08 bits per heavy atom. The van der Waals surface area contributed by atoms with Gasteiger partial charge in [0.15, 0.2) is 5.60 Å². The third-order valence-corrected chi connectivity index (χ3v) is 9.76. The first-order chi connectivity index (χ1) is 24.2. The molecule has 1 aliphatic carbocycles. The van der Waals surface area contributed by atoms with Crippen LogP contribution in [0.5, 0.6) is 5.75 Å². The lowest BCUT2D eigenvalue weighted by Crippen LogP contribution is -2.59. The van der Waals surface area contributed by atoms with Crippen molar-refractivity contribution >= 4 is 46.7 Å². The Bertz CT molecular complexity index is 1690. The van der Waals surface area contributed by atoms with Crippen molar-refractivity contribution in [2.45, 2.75) is 109 Å². The summed E-state index contributed by atoms with van der Waals surface area (Å²) in [4.78, 5) is 75.5. The number of ether oxygens (including phenoxy) is 1. The molecule has 2 aromatic rings. The highest BCUT2D eigenvalue weighted by Crippen LogP contribution is 2.40. The zero-order valence-electron chi connectivity index (χ0n) is 29.9. The van der Waals surface area contributed by atoms with Crippen molar-refractivity contribution in [3.05, 3.63) is 64.7 Å². The minimum absolute atomic E-state index is 0.0122. The van der Waals surface area contributed by atoms with Crippen LogP contribution >= 0.6 is 11.6 Å². The summed E-state index contributed by atoms with van der Waals surface area (Å²) in [6, 6.07) is 11.5. The number of hydrogen-bond acceptors (Lipinski definition) is 8. The molecule has 5 rings (SSSR count). The predicted molar refractivity (Wildman–Crippen MR) is 192 cm³/mol. The van der Waals surface area contributed by atoms with E-state index in [1.54, 1.807) is 25.3 Å². The second-order valence-corrected chi connectivity index (χ2v) is 15.3. The minimum atomic E-state index is -1.07. The zero-order chi connectivity index (χ0) is 36.9. The van der Waals surface area contributed by atoms with E-state index in [2.05, 4.69) is 21.1 Å². The smallest absolute Gasteiger partial charge is 0.289 e. The van der Waals surface area contributed by atoms with E-state index < -0.39 is 52.6 Å². The summed E-state index contributed by atoms with van der Waals surface area (Å²) in [6.45, 7) is 7.41. The van der Waals surface area contributed by atoms with Crippen LogP contribution in [0, 0.1) is 5.41 Å². The predicted octanol–water partition coefficient (Wildman–Crippen LogP) is 4.11. The van der Waals surface area contributed by atoms with Crippen LogP contribution in [-0.2, 0) is 35.2 Å². The largest absolute Gasteiger partial charge is 0.497 e. The maximum absolute atomic E-state index is 14.6. The molecule has 3 aliphatic rings. The topological polar surface area (TPSA) is 156 Å². The molecule has 0 unspecified atom stereocenters. The highest BCUT2D eigenvalue weighted by atomic mass is 35.5. The summed E-state index contributed by atoms with van der Waals surface area (Å²) >= 11 is 6.25. The van der Waals surface area contributed by atoms with Gasteiger partial charge in [0.2, 0.25) is 23.5 Å². The van der Waals surface area contributed by atoms with Crippen LogP contribution < -0.4 is 20.7 Å². The fraction of sp³-hybridized carbons (Fsp3) is 0.526. The maximum Gasteiger partial charge on any atom is 0.289 e. The molecule has 3 N–H and O–H groups in total. The molecule has 13 heteroatoms. The zero-order valence-corrected chi connectivity index (χ0v) is 30.7. The number of amides is 4. The molecular weight excluding hydrogens is 674 g/mol. The van der Waals surface area contributed by atoms with Crippen LogP contribution in [0.15, 0.2) is 53.7 Å². The molecule has 2 fully saturated rings. The monoisotopic (exact) mass is 721 g/mol. The number of carbonyl (C=O) groups excluding carboxylic acids is 5. The number of halogens is 1. The maximum atomic E-state index is 14.6. The van der Waals surface area contributed by atoms with Crippen molar-refractivity contribution in [1.29, 1.82) is 0 Å². The number of nitrogens with one attached hydrogen (secondary N) is 3. The number of oxime groups is 1. The Labute approximate surface area is 304 Å². The van der Waals surface area contributed by atoms with Gasteiger partial charge in [0, 0.05) is 35.9 Å². The van der Waals surface area contributed by atoms with E-state index in [9.17, 15) is 24.0 Å². The molecule has 4 amide bonds. The van der Waals surface area contributed by atoms with Gasteiger partial charge >= 0.3 is 0 Å². The number of Topliss-reactive ketones (excluding diaryl/α,β-unsaturated/α-hetero) is 1. The van der Waals surface area contributed by atoms with Crippen LogP contribution in [0.4, 0.5) is 0 Å². The van der Waals surface area contributed by atoms with Gasteiger partial charge < -0.3 is 30.4 Å². The molecule has 2 aliphatic heterocycles. The van der Waals surface area contributed by atoms with Gasteiger partial charge in [-0.25, -0.2) is 0 Å². The van der Waals surface area contributed by atoms with Crippen molar-refractivity contribution in [1.82, 2.24) is 20.9 Å². The number of rotatable bonds is 14. The summed E-state index contributed by atoms with van der Waals surface area (Å²) in [5.41, 5.74) is 0.524. The van der Waals surface area contributed by atoms with E-state index in [0.717, 1.165) is 24.0 Å². The third-order valence-electron chi connectivity index (χ3n) is 9.52. The molecular formula is C38H48ClN5O7. The molecule has 274 valence electrons. The number of benzene rings is 2. The number of methoxy groups -OCH3 is 1. The van der Waals surface area contributed by atoms with Crippen molar-refractivity contribution in [3.8, 4) is 5.75 Å². The fourth-order valence-corrected chi connectivity index (χ4v) is 6.74. The third kappa shape index (κ3) is 9.46. The van der Waals surface area contributed by atoms with Crippen LogP contribution in [-0.4, -0.2) is 83.4 Å². The Kier molecular flexibility index (Phi) is 11.7. The lowest BCUT2D eigenvalue weighted by Gasteiger charge is -2.35. The molecule has 4 atom stereocenters. The van der Waals surface area contributed by atoms with Crippen LogP contribution in [0.25, 0.3) is 0 Å². The number of hydrogen-bond donors (Lipinski definition) is 3. The standard InChI is InChI=1S/C38H48ClN5O7/c1-6-9-28(32(46)35(48)40-26-15-16-26)41-34(47)30-21-38(20-29(43-51-38)24-11-8-12-25(39)19-24)22-44(30)36(49)33(37(2,3)4)42-31(45)17-14-23-10-7-13-27(18-23)50-5/h7-8,10-13,18-19,26,28,30,33H,6,9,14-17,20-22H2,1-5H3,(H,40,48)(H,41,47)(H,42,45)/t28-,30-,33+,38+/m0/s1. The molecule has 1 saturated heterocycles. The first-order valence-corrected chi connectivity index (χ1v) is 18.0. The number of ketones is 1. The molecule has 51 heavy (non-hydrogen) atoms. The number of likely N-dealkylation sites (tertiary alicyclic amines) is 1. The van der Waals surface area contributed by atoms with Crippen molar-refractivity contribution in [3.63, 3.8) is 0 Å². The van der Waals surface area contributed by atoms with E-state index in [1.165, 1.54) is 4.90 Å². The SMILES string of the molecule is CCC[C@H](NC(=O)[C@@H]1C[C@]2(CC(c3cccc(Cl)c3)=NO2)CN1C(=O)[C@@H](NC(=O)CCc1cccc(OC)c1)C(C)(C)C)C(=O)C(=O)NC1CC1. The first kappa shape index (κ1) is 37.8. The number of carbonyl (C=O) groups is 5. The van der Waals surface area contributed by atoms with E-state index in [1.807, 2.05) is 58.0 Å². The molecule has 0 radical (unpaired) electrons. The van der Waals surface area contributed by atoms with E-state index in [-0.39, 0.29) is 37.8 Å². The van der Waals surface area contributed by atoms with Crippen molar-refractivity contribution in [2.75, 3.05) is 13.7 Å². The fourth-order valence-electron chi connectivity index (χ4n) is 6.55. The Balaban J connectivity index is 1.37. The van der Waals surface area contributed by atoms with Crippen molar-refractivity contribution in [2.24, 2.45) is 10.6 Å². The quantitative estimate of drug-likeness (QED) is 0.248. The van der Waals surface area contributed by atoms with Gasteiger partial charge in [0.25, 0.3) is 5.91 Å². The van der Waals surface area contributed by atoms with Crippen LogP contribution in [0.2, 0.25) is 5.02 Å². The summed E-state index contributed by atoms with van der Waals surface area (Å²) in [5, 5.41) is 13.3. The molecule has 0 bridgehead atoms. The first-order valence-electron chi connectivity index (χ1n) is 17.6. The van der Waals surface area contributed by atoms with Gasteiger partial charge in [-0.1, -0.05) is 75.1 Å². The summed E-state index contributed by atoms with van der Waals surface area (Å²) in [7, 11) is 1.58. The average Bonchev–Trinajstić information content (AvgIpc) is 3.69. The second-order valence-electron chi connectivity index (χ2n) is 14.9. The lowest BCUT2D eigenvalue weighted by atomic mass is 9.85.